The topological polar surface area (TPSA) is 70.9 Å². The number of hydrogen-bond acceptors (Lipinski definition) is 2. The summed E-state index contributed by atoms with van der Waals surface area (Å²) in [5, 5.41) is 3.18. The van der Waals surface area contributed by atoms with Crippen molar-refractivity contribution < 1.29 is 4.79 Å². The van der Waals surface area contributed by atoms with Crippen molar-refractivity contribution in [2.24, 2.45) is 5.73 Å². The van der Waals surface area contributed by atoms with Gasteiger partial charge in [-0.2, -0.15) is 0 Å². The minimum atomic E-state index is -0.254. The quantitative estimate of drug-likeness (QED) is 0.734. The normalized spacial score (nSPS) is 9.58. The summed E-state index contributed by atoms with van der Waals surface area (Å²) in [5.74, 6) is 5.38. The van der Waals surface area contributed by atoms with Crippen LogP contribution < -0.4 is 11.1 Å². The summed E-state index contributed by atoms with van der Waals surface area (Å²) < 4.78 is 0. The molecule has 1 amide bonds. The molecule has 0 atom stereocenters. The highest BCUT2D eigenvalue weighted by Gasteiger charge is 2.09. The number of H-pyrrole nitrogens is 1. The van der Waals surface area contributed by atoms with Gasteiger partial charge in [0.25, 0.3) is 5.91 Å². The van der Waals surface area contributed by atoms with Crippen LogP contribution in [0.2, 0.25) is 5.02 Å². The van der Waals surface area contributed by atoms with Crippen LogP contribution in [0.1, 0.15) is 16.1 Å². The Morgan fingerprint density at radius 3 is 2.95 bits per heavy atom. The fourth-order valence-electron chi connectivity index (χ4n) is 1.51. The van der Waals surface area contributed by atoms with Crippen LogP contribution in [0.3, 0.4) is 0 Å². The molecule has 5 heteroatoms. The second-order valence-electron chi connectivity index (χ2n) is 3.74. The monoisotopic (exact) mass is 273 g/mol. The first-order valence-electron chi connectivity index (χ1n) is 5.64. The Labute approximate surface area is 116 Å². The number of carbonyl (C=O) groups excluding carboxylic acids is 1. The van der Waals surface area contributed by atoms with Crippen LogP contribution in [0.15, 0.2) is 36.5 Å². The number of nitrogens with two attached hydrogens (primary N) is 1. The van der Waals surface area contributed by atoms with Gasteiger partial charge >= 0.3 is 0 Å². The maximum atomic E-state index is 11.9. The first-order chi connectivity index (χ1) is 9.20. The minimum absolute atomic E-state index is 0.254. The van der Waals surface area contributed by atoms with E-state index in [1.54, 1.807) is 36.5 Å². The van der Waals surface area contributed by atoms with Gasteiger partial charge in [-0.25, -0.2) is 0 Å². The largest absolute Gasteiger partial charge is 0.357 e. The van der Waals surface area contributed by atoms with Crippen molar-refractivity contribution in [3.63, 3.8) is 0 Å². The van der Waals surface area contributed by atoms with Crippen LogP contribution >= 0.6 is 11.6 Å². The SMILES string of the molecule is NCC#Cc1ccc(Cl)c(NC(=O)c2ccc[nH]2)c1. The third kappa shape index (κ3) is 3.38. The molecule has 0 saturated carbocycles. The second kappa shape index (κ2) is 6.10. The van der Waals surface area contributed by atoms with Gasteiger partial charge < -0.3 is 16.0 Å². The van der Waals surface area contributed by atoms with Crippen LogP contribution in [0.4, 0.5) is 5.69 Å². The summed E-state index contributed by atoms with van der Waals surface area (Å²) in [6.45, 7) is 0.285. The van der Waals surface area contributed by atoms with E-state index in [4.69, 9.17) is 17.3 Å². The Bertz CT molecular complexity index is 638. The van der Waals surface area contributed by atoms with E-state index in [1.807, 2.05) is 0 Å². The molecule has 0 aliphatic rings. The van der Waals surface area contributed by atoms with Gasteiger partial charge in [-0.05, 0) is 30.3 Å². The molecule has 0 aliphatic heterocycles. The molecule has 0 unspecified atom stereocenters. The van der Waals surface area contributed by atoms with Gasteiger partial charge in [0.15, 0.2) is 0 Å². The molecule has 0 radical (unpaired) electrons. The van der Waals surface area contributed by atoms with Crippen molar-refractivity contribution >= 4 is 23.2 Å². The molecule has 0 saturated heterocycles. The first-order valence-corrected chi connectivity index (χ1v) is 6.01. The molecule has 4 N–H and O–H groups in total. The molecule has 4 nitrogen and oxygen atoms in total. The lowest BCUT2D eigenvalue weighted by Gasteiger charge is -2.06. The van der Waals surface area contributed by atoms with Crippen LogP contribution in [0.5, 0.6) is 0 Å². The van der Waals surface area contributed by atoms with Crippen LogP contribution in [0.25, 0.3) is 0 Å². The zero-order chi connectivity index (χ0) is 13.7. The third-order valence-electron chi connectivity index (χ3n) is 2.39. The van der Waals surface area contributed by atoms with E-state index in [0.717, 1.165) is 5.56 Å². The molecule has 1 heterocycles. The summed E-state index contributed by atoms with van der Waals surface area (Å²) in [6.07, 6.45) is 1.68. The molecule has 0 bridgehead atoms. The average molecular weight is 274 g/mol. The van der Waals surface area contributed by atoms with Gasteiger partial charge in [0, 0.05) is 11.8 Å². The van der Waals surface area contributed by atoms with Crippen LogP contribution in [0, 0.1) is 11.8 Å². The molecular weight excluding hydrogens is 262 g/mol. The summed E-state index contributed by atoms with van der Waals surface area (Å²) >= 11 is 6.04. The van der Waals surface area contributed by atoms with Crippen molar-refractivity contribution in [2.75, 3.05) is 11.9 Å². The molecule has 19 heavy (non-hydrogen) atoms. The molecule has 0 aliphatic carbocycles. The number of rotatable bonds is 2. The average Bonchev–Trinajstić information content (AvgIpc) is 2.93. The standard InChI is InChI=1S/C14H12ClN3O/c15-11-6-5-10(3-1-7-16)9-13(11)18-14(19)12-4-2-8-17-12/h2,4-6,8-9,17H,7,16H2,(H,18,19). The lowest BCUT2D eigenvalue weighted by Crippen LogP contribution is -2.12. The van der Waals surface area contributed by atoms with Crippen molar-refractivity contribution in [1.29, 1.82) is 0 Å². The summed E-state index contributed by atoms with van der Waals surface area (Å²) in [5.41, 5.74) is 7.05. The predicted molar refractivity (Wildman–Crippen MR) is 76.1 cm³/mol. The maximum absolute atomic E-state index is 11.9. The molecule has 2 aromatic rings. The van der Waals surface area contributed by atoms with Crippen molar-refractivity contribution in [3.05, 3.63) is 52.8 Å². The zero-order valence-electron chi connectivity index (χ0n) is 10.0. The molecular formula is C14H12ClN3O. The second-order valence-corrected chi connectivity index (χ2v) is 4.15. The number of anilines is 1. The molecule has 2 rings (SSSR count). The highest BCUT2D eigenvalue weighted by Crippen LogP contribution is 2.23. The molecule has 1 aromatic heterocycles. The Hall–Kier alpha value is -2.22. The van der Waals surface area contributed by atoms with Crippen LogP contribution in [-0.4, -0.2) is 17.4 Å². The van der Waals surface area contributed by atoms with Gasteiger partial charge in [0.2, 0.25) is 0 Å². The fraction of sp³-hybridized carbons (Fsp3) is 0.0714. The van der Waals surface area contributed by atoms with Gasteiger partial charge in [-0.1, -0.05) is 23.4 Å². The Balaban J connectivity index is 2.22. The van der Waals surface area contributed by atoms with Crippen LogP contribution in [-0.2, 0) is 0 Å². The number of halogens is 1. The number of amides is 1. The number of hydrogen-bond donors (Lipinski definition) is 3. The Morgan fingerprint density at radius 2 is 2.26 bits per heavy atom. The molecule has 0 spiro atoms. The van der Waals surface area contributed by atoms with Gasteiger partial charge in [-0.3, -0.25) is 4.79 Å². The highest BCUT2D eigenvalue weighted by atomic mass is 35.5. The molecule has 96 valence electrons. The summed E-state index contributed by atoms with van der Waals surface area (Å²) in [7, 11) is 0. The van der Waals surface area contributed by atoms with Crippen molar-refractivity contribution in [1.82, 2.24) is 4.98 Å². The number of aromatic amines is 1. The van der Waals surface area contributed by atoms with Crippen molar-refractivity contribution in [2.45, 2.75) is 0 Å². The van der Waals surface area contributed by atoms with Gasteiger partial charge in [0.1, 0.15) is 5.69 Å². The Kier molecular flexibility index (Phi) is 4.24. The predicted octanol–water partition coefficient (Wildman–Crippen LogP) is 2.23. The molecule has 0 fully saturated rings. The summed E-state index contributed by atoms with van der Waals surface area (Å²) in [4.78, 5) is 14.7. The van der Waals surface area contributed by atoms with E-state index >= 15 is 0 Å². The number of aromatic nitrogens is 1. The minimum Gasteiger partial charge on any atom is -0.357 e. The van der Waals surface area contributed by atoms with E-state index < -0.39 is 0 Å². The van der Waals surface area contributed by atoms with Gasteiger partial charge in [0.05, 0.1) is 17.3 Å². The van der Waals surface area contributed by atoms with Gasteiger partial charge in [-0.15, -0.1) is 0 Å². The lowest BCUT2D eigenvalue weighted by atomic mass is 10.2. The number of nitrogens with one attached hydrogen (secondary N) is 2. The van der Waals surface area contributed by atoms with E-state index in [2.05, 4.69) is 22.1 Å². The first kappa shape index (κ1) is 13.2. The van der Waals surface area contributed by atoms with E-state index in [9.17, 15) is 4.79 Å². The van der Waals surface area contributed by atoms with E-state index in [1.165, 1.54) is 0 Å². The summed E-state index contributed by atoms with van der Waals surface area (Å²) in [6, 6.07) is 8.61. The molecule has 1 aromatic carbocycles. The Morgan fingerprint density at radius 1 is 1.42 bits per heavy atom. The third-order valence-corrected chi connectivity index (χ3v) is 2.72. The van der Waals surface area contributed by atoms with Crippen molar-refractivity contribution in [3.8, 4) is 11.8 Å². The van der Waals surface area contributed by atoms with E-state index in [0.29, 0.717) is 16.4 Å². The highest BCUT2D eigenvalue weighted by molar-refractivity contribution is 6.34. The maximum Gasteiger partial charge on any atom is 0.272 e. The fourth-order valence-corrected chi connectivity index (χ4v) is 1.68. The zero-order valence-corrected chi connectivity index (χ0v) is 10.8. The lowest BCUT2D eigenvalue weighted by molar-refractivity contribution is 0.102. The number of benzene rings is 1. The van der Waals surface area contributed by atoms with E-state index in [-0.39, 0.29) is 12.5 Å². The smallest absolute Gasteiger partial charge is 0.272 e. The number of carbonyl (C=O) groups is 1.